The summed E-state index contributed by atoms with van der Waals surface area (Å²) in [4.78, 5) is 20.1. The van der Waals surface area contributed by atoms with Crippen molar-refractivity contribution in [2.45, 2.75) is 12.6 Å². The van der Waals surface area contributed by atoms with Crippen molar-refractivity contribution < 1.29 is 31.8 Å². The van der Waals surface area contributed by atoms with Crippen molar-refractivity contribution in [1.29, 1.82) is 0 Å². The highest BCUT2D eigenvalue weighted by Crippen LogP contribution is 2.32. The van der Waals surface area contributed by atoms with Crippen LogP contribution in [0.15, 0.2) is 42.6 Å². The summed E-state index contributed by atoms with van der Waals surface area (Å²) >= 11 is 6.05. The van der Waals surface area contributed by atoms with Crippen LogP contribution in [0.4, 0.5) is 34.8 Å². The van der Waals surface area contributed by atoms with Gasteiger partial charge in [0.05, 0.1) is 18.8 Å². The van der Waals surface area contributed by atoms with Gasteiger partial charge in [0.1, 0.15) is 23.9 Å². The van der Waals surface area contributed by atoms with Crippen molar-refractivity contribution in [2.24, 2.45) is 0 Å². The van der Waals surface area contributed by atoms with Gasteiger partial charge in [-0.3, -0.25) is 9.69 Å². The van der Waals surface area contributed by atoms with Crippen molar-refractivity contribution in [3.05, 3.63) is 53.4 Å². The molecule has 1 amide bonds. The van der Waals surface area contributed by atoms with Gasteiger partial charge in [0, 0.05) is 74.8 Å². The third-order valence-electron chi connectivity index (χ3n) is 6.32. The number of pyridine rings is 1. The van der Waals surface area contributed by atoms with Crippen molar-refractivity contribution in [3.63, 3.8) is 0 Å². The Labute approximate surface area is 245 Å². The van der Waals surface area contributed by atoms with Gasteiger partial charge in [-0.1, -0.05) is 11.6 Å². The number of amides is 1. The molecule has 4 rings (SSSR count). The van der Waals surface area contributed by atoms with E-state index in [1.807, 2.05) is 4.90 Å². The number of anilines is 3. The number of methoxy groups -OCH3 is 1. The van der Waals surface area contributed by atoms with E-state index in [1.54, 1.807) is 18.2 Å². The lowest BCUT2D eigenvalue weighted by Crippen LogP contribution is -2.49. The highest BCUT2D eigenvalue weighted by Gasteiger charge is 2.32. The molecule has 1 aliphatic rings. The number of hydrogen-bond donors (Lipinski definition) is 2. The predicted octanol–water partition coefficient (Wildman–Crippen LogP) is 4.61. The van der Waals surface area contributed by atoms with Crippen LogP contribution in [-0.2, 0) is 9.53 Å². The number of rotatable bonds is 12. The molecule has 3 aromatic rings. The molecule has 3 heterocycles. The number of aromatic nitrogens is 3. The summed E-state index contributed by atoms with van der Waals surface area (Å²) in [6.07, 6.45) is -2.57. The molecule has 10 nitrogen and oxygen atoms in total. The van der Waals surface area contributed by atoms with E-state index in [4.69, 9.17) is 21.1 Å². The number of nitrogens with one attached hydrogen (secondary N) is 2. The summed E-state index contributed by atoms with van der Waals surface area (Å²) in [6.45, 7) is 1.49. The number of alkyl halides is 3. The number of hydrogen-bond acceptors (Lipinski definition) is 9. The first kappa shape index (κ1) is 31.3. The summed E-state index contributed by atoms with van der Waals surface area (Å²) in [5, 5.41) is 14.4. The number of piperazine rings is 1. The normalized spacial score (nSPS) is 14.5. The summed E-state index contributed by atoms with van der Waals surface area (Å²) in [6, 6.07) is 8.94. The summed E-state index contributed by atoms with van der Waals surface area (Å²) in [5.74, 6) is -0.379. The summed E-state index contributed by atoms with van der Waals surface area (Å²) in [5.41, 5.74) is 1.29. The zero-order valence-corrected chi connectivity index (χ0v) is 23.5. The molecular formula is C27H30ClF4N7O3. The molecule has 0 saturated carbocycles. The van der Waals surface area contributed by atoms with E-state index in [9.17, 15) is 22.4 Å². The second-order valence-electron chi connectivity index (χ2n) is 9.50. The van der Waals surface area contributed by atoms with Crippen LogP contribution >= 0.6 is 11.6 Å². The lowest BCUT2D eigenvalue weighted by molar-refractivity contribution is -0.149. The Morgan fingerprint density at radius 2 is 1.81 bits per heavy atom. The van der Waals surface area contributed by atoms with Gasteiger partial charge in [-0.15, -0.1) is 10.2 Å². The zero-order valence-electron chi connectivity index (χ0n) is 22.8. The first-order chi connectivity index (χ1) is 20.1. The van der Waals surface area contributed by atoms with Gasteiger partial charge >= 0.3 is 6.18 Å². The molecule has 15 heteroatoms. The van der Waals surface area contributed by atoms with Crippen LogP contribution in [-0.4, -0.2) is 96.7 Å². The van der Waals surface area contributed by atoms with E-state index in [0.717, 1.165) is 0 Å². The summed E-state index contributed by atoms with van der Waals surface area (Å²) < 4.78 is 63.0. The number of nitrogens with zero attached hydrogens (tertiary/aromatic N) is 5. The van der Waals surface area contributed by atoms with Crippen molar-refractivity contribution >= 4 is 34.7 Å². The molecule has 1 aromatic carbocycles. The molecule has 1 fully saturated rings. The molecule has 0 bridgehead atoms. The Balaban J connectivity index is 1.39. The van der Waals surface area contributed by atoms with Gasteiger partial charge < -0.3 is 25.0 Å². The van der Waals surface area contributed by atoms with E-state index >= 15 is 0 Å². The summed E-state index contributed by atoms with van der Waals surface area (Å²) in [7, 11) is 1.53. The molecular weight excluding hydrogens is 582 g/mol. The molecule has 0 spiro atoms. The topological polar surface area (TPSA) is 105 Å². The molecule has 1 saturated heterocycles. The maximum absolute atomic E-state index is 14.5. The molecule has 0 atom stereocenters. The average Bonchev–Trinajstić information content (AvgIpc) is 2.94. The van der Waals surface area contributed by atoms with Crippen LogP contribution in [0.2, 0.25) is 5.02 Å². The van der Waals surface area contributed by atoms with Crippen molar-refractivity contribution in [2.75, 3.05) is 70.2 Å². The van der Waals surface area contributed by atoms with E-state index < -0.39 is 18.5 Å². The number of carbonyl (C=O) groups excluding carboxylic acids is 1. The molecule has 1 aliphatic heterocycles. The van der Waals surface area contributed by atoms with Gasteiger partial charge in [-0.2, -0.15) is 13.2 Å². The number of carbonyl (C=O) groups is 1. The fraction of sp³-hybridized carbons (Fsp3) is 0.407. The maximum atomic E-state index is 14.5. The Morgan fingerprint density at radius 3 is 2.55 bits per heavy atom. The van der Waals surface area contributed by atoms with Crippen LogP contribution in [0.3, 0.4) is 0 Å². The lowest BCUT2D eigenvalue weighted by Gasteiger charge is -2.34. The minimum atomic E-state index is -4.22. The SMILES string of the molecule is COCCOc1nnc(-c2cc(Cl)ccc2F)cc1Nc1ccnc(NC(=O)CCN2CCN(CC(F)(F)F)CC2)c1. The molecule has 2 aromatic heterocycles. The van der Waals surface area contributed by atoms with Gasteiger partial charge in [-0.05, 0) is 30.3 Å². The standard InChI is InChI=1S/C27H30ClF4N7O3/c1-41-12-13-42-26-23(16-22(36-37-26)20-14-18(28)2-3-21(20)29)34-19-4-6-33-24(15-19)35-25(40)5-7-38-8-10-39(11-9-38)17-27(30,31)32/h2-4,6,14-16H,5,7-13,17H2,1H3,(H2,33,34,35,36,40). The number of ether oxygens (including phenoxy) is 2. The first-order valence-corrected chi connectivity index (χ1v) is 13.5. The van der Waals surface area contributed by atoms with E-state index in [-0.39, 0.29) is 41.9 Å². The quantitative estimate of drug-likeness (QED) is 0.224. The molecule has 42 heavy (non-hydrogen) atoms. The zero-order chi connectivity index (χ0) is 30.1. The van der Waals surface area contributed by atoms with Crippen LogP contribution in [0.5, 0.6) is 5.88 Å². The molecule has 226 valence electrons. The second-order valence-corrected chi connectivity index (χ2v) is 9.94. The van der Waals surface area contributed by atoms with Gasteiger partial charge in [-0.25, -0.2) is 9.37 Å². The molecule has 0 aliphatic carbocycles. The third kappa shape index (κ3) is 9.48. The molecule has 0 radical (unpaired) electrons. The maximum Gasteiger partial charge on any atom is 0.401 e. The Hall–Kier alpha value is -3.59. The molecule has 0 unspecified atom stereocenters. The Kier molecular flexibility index (Phi) is 10.8. The predicted molar refractivity (Wildman–Crippen MR) is 150 cm³/mol. The van der Waals surface area contributed by atoms with Gasteiger partial charge in [0.25, 0.3) is 5.88 Å². The minimum Gasteiger partial charge on any atom is -0.473 e. The van der Waals surface area contributed by atoms with Crippen LogP contribution < -0.4 is 15.4 Å². The third-order valence-corrected chi connectivity index (χ3v) is 6.56. The average molecular weight is 612 g/mol. The monoisotopic (exact) mass is 611 g/mol. The highest BCUT2D eigenvalue weighted by atomic mass is 35.5. The van der Waals surface area contributed by atoms with Crippen molar-refractivity contribution in [3.8, 4) is 17.1 Å². The number of benzene rings is 1. The van der Waals surface area contributed by atoms with Crippen LogP contribution in [0.1, 0.15) is 6.42 Å². The smallest absolute Gasteiger partial charge is 0.401 e. The Morgan fingerprint density at radius 1 is 1.05 bits per heavy atom. The van der Waals surface area contributed by atoms with Gasteiger partial charge in [0.2, 0.25) is 5.91 Å². The fourth-order valence-electron chi connectivity index (χ4n) is 4.25. The number of halogens is 5. The Bertz CT molecular complexity index is 1360. The largest absolute Gasteiger partial charge is 0.473 e. The second kappa shape index (κ2) is 14.5. The van der Waals surface area contributed by atoms with E-state index in [1.165, 1.54) is 36.4 Å². The lowest BCUT2D eigenvalue weighted by atomic mass is 10.1. The van der Waals surface area contributed by atoms with E-state index in [2.05, 4.69) is 25.8 Å². The molecule has 2 N–H and O–H groups in total. The highest BCUT2D eigenvalue weighted by molar-refractivity contribution is 6.30. The minimum absolute atomic E-state index is 0.149. The first-order valence-electron chi connectivity index (χ1n) is 13.1. The fourth-order valence-corrected chi connectivity index (χ4v) is 4.42. The van der Waals surface area contributed by atoms with Crippen LogP contribution in [0, 0.1) is 5.82 Å². The van der Waals surface area contributed by atoms with E-state index in [0.29, 0.717) is 55.7 Å². The van der Waals surface area contributed by atoms with Gasteiger partial charge in [0.15, 0.2) is 0 Å². The van der Waals surface area contributed by atoms with Crippen LogP contribution in [0.25, 0.3) is 11.3 Å². The van der Waals surface area contributed by atoms with Crippen molar-refractivity contribution in [1.82, 2.24) is 25.0 Å².